The SMILES string of the molecule is Cc1ccc(-n2nc(C(=O)Nc3c(C)cccc3C)nc2-c2cccc(Cl)c2)cc1Cl. The number of aromatic nitrogens is 3. The summed E-state index contributed by atoms with van der Waals surface area (Å²) in [6.45, 7) is 5.81. The quantitative estimate of drug-likeness (QED) is 0.390. The zero-order valence-corrected chi connectivity index (χ0v) is 18.8. The lowest BCUT2D eigenvalue weighted by Crippen LogP contribution is -2.16. The highest BCUT2D eigenvalue weighted by Gasteiger charge is 2.20. The summed E-state index contributed by atoms with van der Waals surface area (Å²) in [6.07, 6.45) is 0. The number of carbonyl (C=O) groups excluding carboxylic acids is 1. The van der Waals surface area contributed by atoms with E-state index in [1.807, 2.05) is 63.2 Å². The molecule has 7 heteroatoms. The van der Waals surface area contributed by atoms with Gasteiger partial charge in [-0.15, -0.1) is 5.10 Å². The molecule has 1 heterocycles. The predicted octanol–water partition coefficient (Wildman–Crippen LogP) is 6.42. The number of nitrogens with zero attached hydrogens (tertiary/aromatic N) is 3. The lowest BCUT2D eigenvalue weighted by atomic mass is 10.1. The molecule has 0 fully saturated rings. The molecule has 0 unspecified atom stereocenters. The van der Waals surface area contributed by atoms with Crippen LogP contribution in [0.4, 0.5) is 5.69 Å². The molecule has 0 bridgehead atoms. The van der Waals surface area contributed by atoms with Gasteiger partial charge in [0.2, 0.25) is 5.82 Å². The van der Waals surface area contributed by atoms with Crippen LogP contribution in [-0.2, 0) is 0 Å². The molecule has 4 aromatic rings. The maximum absolute atomic E-state index is 13.0. The average molecular weight is 451 g/mol. The normalized spacial score (nSPS) is 10.9. The molecule has 31 heavy (non-hydrogen) atoms. The summed E-state index contributed by atoms with van der Waals surface area (Å²) in [5.74, 6) is 0.154. The largest absolute Gasteiger partial charge is 0.319 e. The molecule has 1 aromatic heterocycles. The van der Waals surface area contributed by atoms with E-state index in [9.17, 15) is 4.79 Å². The Morgan fingerprint density at radius 2 is 1.61 bits per heavy atom. The fourth-order valence-electron chi connectivity index (χ4n) is 3.30. The van der Waals surface area contributed by atoms with E-state index in [1.54, 1.807) is 22.9 Å². The topological polar surface area (TPSA) is 59.8 Å². The van der Waals surface area contributed by atoms with Gasteiger partial charge in [0, 0.05) is 21.3 Å². The van der Waals surface area contributed by atoms with E-state index in [0.717, 1.165) is 27.9 Å². The molecule has 0 spiro atoms. The minimum atomic E-state index is -0.391. The fraction of sp³-hybridized carbons (Fsp3) is 0.125. The minimum Gasteiger partial charge on any atom is -0.319 e. The van der Waals surface area contributed by atoms with Crippen molar-refractivity contribution in [1.29, 1.82) is 0 Å². The van der Waals surface area contributed by atoms with Crippen molar-refractivity contribution in [2.75, 3.05) is 5.32 Å². The molecule has 0 radical (unpaired) electrons. The molecule has 1 amide bonds. The van der Waals surface area contributed by atoms with Crippen molar-refractivity contribution in [3.8, 4) is 17.1 Å². The molecule has 0 saturated heterocycles. The molecule has 0 aliphatic heterocycles. The number of hydrogen-bond donors (Lipinski definition) is 1. The summed E-state index contributed by atoms with van der Waals surface area (Å²) in [7, 11) is 0. The molecule has 0 aliphatic carbocycles. The lowest BCUT2D eigenvalue weighted by Gasteiger charge is -2.09. The van der Waals surface area contributed by atoms with E-state index in [-0.39, 0.29) is 5.82 Å². The number of para-hydroxylation sites is 1. The third-order valence-electron chi connectivity index (χ3n) is 5.01. The molecule has 1 N–H and O–H groups in total. The Hall–Kier alpha value is -3.15. The van der Waals surface area contributed by atoms with Crippen molar-refractivity contribution in [3.63, 3.8) is 0 Å². The van der Waals surface area contributed by atoms with E-state index in [2.05, 4.69) is 15.4 Å². The highest BCUT2D eigenvalue weighted by molar-refractivity contribution is 6.31. The fourth-order valence-corrected chi connectivity index (χ4v) is 3.66. The van der Waals surface area contributed by atoms with Crippen molar-refractivity contribution in [1.82, 2.24) is 14.8 Å². The number of anilines is 1. The zero-order chi connectivity index (χ0) is 22.1. The first kappa shape index (κ1) is 21.1. The van der Waals surface area contributed by atoms with Gasteiger partial charge >= 0.3 is 0 Å². The first-order chi connectivity index (χ1) is 14.8. The van der Waals surface area contributed by atoms with Crippen LogP contribution < -0.4 is 5.32 Å². The van der Waals surface area contributed by atoms with E-state index in [4.69, 9.17) is 23.2 Å². The Kier molecular flexibility index (Phi) is 5.81. The first-order valence-electron chi connectivity index (χ1n) is 9.70. The number of amides is 1. The summed E-state index contributed by atoms with van der Waals surface area (Å²) in [4.78, 5) is 17.6. The Morgan fingerprint density at radius 3 is 2.29 bits per heavy atom. The zero-order valence-electron chi connectivity index (χ0n) is 17.3. The Bertz CT molecular complexity index is 1280. The molecular weight excluding hydrogens is 431 g/mol. The second-order valence-corrected chi connectivity index (χ2v) is 8.18. The Balaban J connectivity index is 1.81. The first-order valence-corrected chi connectivity index (χ1v) is 10.5. The molecule has 5 nitrogen and oxygen atoms in total. The summed E-state index contributed by atoms with van der Waals surface area (Å²) in [5.41, 5.74) is 5.07. The van der Waals surface area contributed by atoms with Gasteiger partial charge in [-0.3, -0.25) is 4.79 Å². The van der Waals surface area contributed by atoms with Crippen molar-refractivity contribution >= 4 is 34.8 Å². The lowest BCUT2D eigenvalue weighted by molar-refractivity contribution is 0.101. The van der Waals surface area contributed by atoms with Gasteiger partial charge in [0.15, 0.2) is 5.82 Å². The van der Waals surface area contributed by atoms with Gasteiger partial charge in [-0.05, 0) is 61.7 Å². The van der Waals surface area contributed by atoms with Crippen LogP contribution in [0, 0.1) is 20.8 Å². The van der Waals surface area contributed by atoms with Gasteiger partial charge in [-0.25, -0.2) is 9.67 Å². The van der Waals surface area contributed by atoms with Gasteiger partial charge in [0.1, 0.15) is 0 Å². The predicted molar refractivity (Wildman–Crippen MR) is 125 cm³/mol. The van der Waals surface area contributed by atoms with Crippen molar-refractivity contribution in [3.05, 3.63) is 93.2 Å². The van der Waals surface area contributed by atoms with Gasteiger partial charge in [-0.2, -0.15) is 0 Å². The summed E-state index contributed by atoms with van der Waals surface area (Å²) in [5, 5.41) is 8.61. The number of halogens is 2. The number of nitrogens with one attached hydrogen (secondary N) is 1. The molecular formula is C24H20Cl2N4O. The summed E-state index contributed by atoms with van der Waals surface area (Å²) < 4.78 is 1.61. The van der Waals surface area contributed by atoms with Crippen LogP contribution in [0.15, 0.2) is 60.7 Å². The summed E-state index contributed by atoms with van der Waals surface area (Å²) >= 11 is 12.5. The van der Waals surface area contributed by atoms with E-state index in [0.29, 0.717) is 21.6 Å². The second-order valence-electron chi connectivity index (χ2n) is 7.34. The Morgan fingerprint density at radius 1 is 0.903 bits per heavy atom. The van der Waals surface area contributed by atoms with Crippen molar-refractivity contribution in [2.45, 2.75) is 20.8 Å². The van der Waals surface area contributed by atoms with Crippen LogP contribution in [-0.4, -0.2) is 20.7 Å². The number of aryl methyl sites for hydroxylation is 3. The molecule has 4 rings (SSSR count). The molecule has 0 saturated carbocycles. The average Bonchev–Trinajstić information content (AvgIpc) is 3.18. The van der Waals surface area contributed by atoms with E-state index < -0.39 is 5.91 Å². The van der Waals surface area contributed by atoms with E-state index in [1.165, 1.54) is 0 Å². The minimum absolute atomic E-state index is 0.0503. The third kappa shape index (κ3) is 4.33. The van der Waals surface area contributed by atoms with Gasteiger partial charge in [0.05, 0.1) is 5.69 Å². The number of carbonyl (C=O) groups is 1. The van der Waals surface area contributed by atoms with Crippen LogP contribution >= 0.6 is 23.2 Å². The second kappa shape index (κ2) is 8.53. The standard InChI is InChI=1S/C24H20Cl2N4O/c1-14-10-11-19(13-20(14)26)30-23(17-8-5-9-18(25)12-17)28-22(29-30)24(31)27-21-15(2)6-4-7-16(21)3/h4-13H,1-3H3,(H,27,31). The summed E-state index contributed by atoms with van der Waals surface area (Å²) in [6, 6.07) is 18.7. The van der Waals surface area contributed by atoms with Crippen LogP contribution in [0.1, 0.15) is 27.3 Å². The van der Waals surface area contributed by atoms with Crippen molar-refractivity contribution in [2.24, 2.45) is 0 Å². The highest BCUT2D eigenvalue weighted by Crippen LogP contribution is 2.27. The maximum Gasteiger partial charge on any atom is 0.295 e. The number of hydrogen-bond acceptors (Lipinski definition) is 3. The van der Waals surface area contributed by atoms with Crippen LogP contribution in [0.25, 0.3) is 17.1 Å². The third-order valence-corrected chi connectivity index (χ3v) is 5.65. The van der Waals surface area contributed by atoms with Crippen LogP contribution in [0.3, 0.4) is 0 Å². The molecule has 156 valence electrons. The van der Waals surface area contributed by atoms with E-state index >= 15 is 0 Å². The maximum atomic E-state index is 13.0. The van der Waals surface area contributed by atoms with Crippen molar-refractivity contribution < 1.29 is 4.79 Å². The van der Waals surface area contributed by atoms with Gasteiger partial charge in [0.25, 0.3) is 5.91 Å². The van der Waals surface area contributed by atoms with Crippen LogP contribution in [0.5, 0.6) is 0 Å². The van der Waals surface area contributed by atoms with Crippen LogP contribution in [0.2, 0.25) is 10.0 Å². The number of rotatable bonds is 4. The highest BCUT2D eigenvalue weighted by atomic mass is 35.5. The van der Waals surface area contributed by atoms with Gasteiger partial charge < -0.3 is 5.32 Å². The molecule has 3 aromatic carbocycles. The molecule has 0 atom stereocenters. The monoisotopic (exact) mass is 450 g/mol. The van der Waals surface area contributed by atoms with Gasteiger partial charge in [-0.1, -0.05) is 59.6 Å². The molecule has 0 aliphatic rings. The number of benzene rings is 3. The smallest absolute Gasteiger partial charge is 0.295 e. The Labute approximate surface area is 190 Å².